The highest BCUT2D eigenvalue weighted by atomic mass is 28.4. The molecule has 1 aliphatic carbocycles. The molecule has 1 unspecified atom stereocenters. The Morgan fingerprint density at radius 1 is 1.23 bits per heavy atom. The first-order valence-electron chi connectivity index (χ1n) is 8.81. The van der Waals surface area contributed by atoms with E-state index in [9.17, 15) is 0 Å². The van der Waals surface area contributed by atoms with Crippen LogP contribution in [-0.2, 0) is 14.6 Å². The molecule has 2 heterocycles. The Morgan fingerprint density at radius 3 is 2.64 bits per heavy atom. The predicted octanol–water partition coefficient (Wildman–Crippen LogP) is 3.55. The molecule has 2 aliphatic heterocycles. The molecule has 1 aromatic carbocycles. The van der Waals surface area contributed by atoms with Gasteiger partial charge in [0.1, 0.15) is 0 Å². The Morgan fingerprint density at radius 2 is 2.00 bits per heavy atom. The third-order valence-corrected chi connectivity index (χ3v) is 11.5. The van der Waals surface area contributed by atoms with E-state index in [1.165, 1.54) is 29.8 Å². The minimum Gasteiger partial charge on any atom is -0.416 e. The zero-order valence-corrected chi connectivity index (χ0v) is 14.8. The van der Waals surface area contributed by atoms with Gasteiger partial charge in [-0.15, -0.1) is 0 Å². The van der Waals surface area contributed by atoms with Gasteiger partial charge in [0.15, 0.2) is 8.32 Å². The first-order valence-corrected chi connectivity index (χ1v) is 11.2. The van der Waals surface area contributed by atoms with Crippen LogP contribution in [0.15, 0.2) is 24.3 Å². The third kappa shape index (κ3) is 2.08. The molecule has 120 valence electrons. The SMILES string of the molecule is CC[Si]1(CC)OC[C@]2(c3cccc(N4CCOCC4)c3)CC21. The van der Waals surface area contributed by atoms with Crippen LogP contribution in [0.4, 0.5) is 5.69 Å². The van der Waals surface area contributed by atoms with Gasteiger partial charge in [-0.2, -0.15) is 0 Å². The summed E-state index contributed by atoms with van der Waals surface area (Å²) < 4.78 is 11.9. The fourth-order valence-electron chi connectivity index (χ4n) is 4.71. The fourth-order valence-corrected chi connectivity index (χ4v) is 9.34. The average Bonchev–Trinajstić information content (AvgIpc) is 3.27. The van der Waals surface area contributed by atoms with Crippen molar-refractivity contribution in [1.82, 2.24) is 0 Å². The molecule has 4 heteroatoms. The van der Waals surface area contributed by atoms with Crippen molar-refractivity contribution < 1.29 is 9.16 Å². The van der Waals surface area contributed by atoms with Crippen LogP contribution < -0.4 is 4.90 Å². The van der Waals surface area contributed by atoms with Gasteiger partial charge in [-0.1, -0.05) is 26.0 Å². The van der Waals surface area contributed by atoms with Crippen LogP contribution in [0.25, 0.3) is 0 Å². The second-order valence-electron chi connectivity index (χ2n) is 7.12. The normalized spacial score (nSPS) is 32.8. The quantitative estimate of drug-likeness (QED) is 0.793. The van der Waals surface area contributed by atoms with Gasteiger partial charge in [0.25, 0.3) is 0 Å². The summed E-state index contributed by atoms with van der Waals surface area (Å²) in [6, 6.07) is 11.8. The molecule has 1 saturated carbocycles. The molecule has 0 N–H and O–H groups in total. The molecule has 3 fully saturated rings. The monoisotopic (exact) mass is 317 g/mol. The molecule has 1 aromatic rings. The summed E-state index contributed by atoms with van der Waals surface area (Å²) in [4.78, 5) is 2.46. The van der Waals surface area contributed by atoms with E-state index in [2.05, 4.69) is 43.0 Å². The van der Waals surface area contributed by atoms with Crippen molar-refractivity contribution in [2.45, 2.75) is 43.3 Å². The summed E-state index contributed by atoms with van der Waals surface area (Å²) in [7, 11) is -1.46. The predicted molar refractivity (Wildman–Crippen MR) is 92.2 cm³/mol. The van der Waals surface area contributed by atoms with Crippen molar-refractivity contribution in [3.8, 4) is 0 Å². The molecule has 0 bridgehead atoms. The first-order chi connectivity index (χ1) is 10.7. The van der Waals surface area contributed by atoms with E-state index in [4.69, 9.17) is 9.16 Å². The molecule has 22 heavy (non-hydrogen) atoms. The van der Waals surface area contributed by atoms with E-state index >= 15 is 0 Å². The van der Waals surface area contributed by atoms with Gasteiger partial charge in [0.2, 0.25) is 0 Å². The number of nitrogens with zero attached hydrogens (tertiary/aromatic N) is 1. The van der Waals surface area contributed by atoms with Crippen molar-refractivity contribution in [2.24, 2.45) is 0 Å². The lowest BCUT2D eigenvalue weighted by Gasteiger charge is -2.29. The molecule has 0 spiro atoms. The molecule has 0 aromatic heterocycles. The van der Waals surface area contributed by atoms with Gasteiger partial charge in [-0.05, 0) is 41.7 Å². The number of hydrogen-bond acceptors (Lipinski definition) is 3. The van der Waals surface area contributed by atoms with Crippen LogP contribution in [-0.4, -0.2) is 41.2 Å². The van der Waals surface area contributed by atoms with Crippen LogP contribution in [0.2, 0.25) is 17.6 Å². The smallest absolute Gasteiger partial charge is 0.196 e. The Hall–Kier alpha value is -0.843. The van der Waals surface area contributed by atoms with Gasteiger partial charge >= 0.3 is 0 Å². The first kappa shape index (κ1) is 14.7. The summed E-state index contributed by atoms with van der Waals surface area (Å²) in [6.45, 7) is 9.38. The van der Waals surface area contributed by atoms with Crippen molar-refractivity contribution in [3.05, 3.63) is 29.8 Å². The van der Waals surface area contributed by atoms with Crippen molar-refractivity contribution >= 4 is 14.0 Å². The molecular formula is C18H27NO2Si. The Bertz CT molecular complexity index is 554. The molecule has 3 nitrogen and oxygen atoms in total. The lowest BCUT2D eigenvalue weighted by atomic mass is 9.96. The molecule has 0 amide bonds. The highest BCUT2D eigenvalue weighted by molar-refractivity contribution is 6.77. The Labute approximate surface area is 134 Å². The van der Waals surface area contributed by atoms with Crippen molar-refractivity contribution in [1.29, 1.82) is 0 Å². The van der Waals surface area contributed by atoms with Crippen LogP contribution in [0.5, 0.6) is 0 Å². The number of benzene rings is 1. The minimum absolute atomic E-state index is 0.362. The van der Waals surface area contributed by atoms with Gasteiger partial charge < -0.3 is 14.1 Å². The summed E-state index contributed by atoms with van der Waals surface area (Å²) in [6.07, 6.45) is 1.37. The maximum Gasteiger partial charge on any atom is 0.196 e. The number of anilines is 1. The maximum atomic E-state index is 6.45. The topological polar surface area (TPSA) is 21.7 Å². The number of hydrogen-bond donors (Lipinski definition) is 0. The molecule has 2 saturated heterocycles. The number of rotatable bonds is 4. The Balaban J connectivity index is 1.60. The maximum absolute atomic E-state index is 6.45. The van der Waals surface area contributed by atoms with Crippen molar-refractivity contribution in [3.63, 3.8) is 0 Å². The number of ether oxygens (including phenoxy) is 1. The van der Waals surface area contributed by atoms with Crippen molar-refractivity contribution in [2.75, 3.05) is 37.8 Å². The molecule has 2 atom stereocenters. The minimum atomic E-state index is -1.46. The van der Waals surface area contributed by atoms with Crippen LogP contribution in [0.3, 0.4) is 0 Å². The fraction of sp³-hybridized carbons (Fsp3) is 0.667. The van der Waals surface area contributed by atoms with Gasteiger partial charge in [0, 0.05) is 30.8 Å². The average molecular weight is 318 g/mol. The van der Waals surface area contributed by atoms with E-state index in [1.807, 2.05) is 0 Å². The van der Waals surface area contributed by atoms with E-state index < -0.39 is 8.32 Å². The van der Waals surface area contributed by atoms with E-state index in [0.29, 0.717) is 5.41 Å². The highest BCUT2D eigenvalue weighted by Gasteiger charge is 2.70. The number of morpholine rings is 1. The summed E-state index contributed by atoms with van der Waals surface area (Å²) in [5, 5.41) is 0. The highest BCUT2D eigenvalue weighted by Crippen LogP contribution is 2.70. The zero-order chi connectivity index (χ0) is 15.2. The van der Waals surface area contributed by atoms with E-state index in [1.54, 1.807) is 0 Å². The molecule has 0 radical (unpaired) electrons. The summed E-state index contributed by atoms with van der Waals surface area (Å²) in [5.41, 5.74) is 4.11. The lowest BCUT2D eigenvalue weighted by molar-refractivity contribution is 0.122. The second kappa shape index (κ2) is 5.36. The van der Waals surface area contributed by atoms with Crippen LogP contribution in [0, 0.1) is 0 Å². The lowest BCUT2D eigenvalue weighted by Crippen LogP contribution is -2.36. The van der Waals surface area contributed by atoms with Gasteiger partial charge in [-0.3, -0.25) is 0 Å². The second-order valence-corrected chi connectivity index (χ2v) is 11.7. The molecular weight excluding hydrogens is 290 g/mol. The third-order valence-electron chi connectivity index (χ3n) is 6.32. The van der Waals surface area contributed by atoms with E-state index in [0.717, 1.165) is 38.5 Å². The summed E-state index contributed by atoms with van der Waals surface area (Å²) in [5.74, 6) is 0. The largest absolute Gasteiger partial charge is 0.416 e. The summed E-state index contributed by atoms with van der Waals surface area (Å²) >= 11 is 0. The number of fused-ring (bicyclic) bond motifs is 1. The molecule has 4 rings (SSSR count). The molecule has 3 aliphatic rings. The van der Waals surface area contributed by atoms with E-state index in [-0.39, 0.29) is 0 Å². The standard InChI is InChI=1S/C18H27NO2Si/c1-3-22(4-2)17-13-18(17,14-21-22)15-6-5-7-16(12-15)19-8-10-20-11-9-19/h5-7,12,17H,3-4,8-11,13-14H2,1-2H3/t17?,18-/m0/s1. The van der Waals surface area contributed by atoms with Crippen LogP contribution >= 0.6 is 0 Å². The zero-order valence-electron chi connectivity index (χ0n) is 13.8. The Kier molecular flexibility index (Phi) is 3.59. The van der Waals surface area contributed by atoms with Gasteiger partial charge in [0.05, 0.1) is 13.2 Å². The van der Waals surface area contributed by atoms with Gasteiger partial charge in [-0.25, -0.2) is 0 Å². The van der Waals surface area contributed by atoms with Crippen LogP contribution in [0.1, 0.15) is 25.8 Å².